The summed E-state index contributed by atoms with van der Waals surface area (Å²) in [4.78, 5) is 15.1. The summed E-state index contributed by atoms with van der Waals surface area (Å²) in [5.74, 6) is 1.83. The third-order valence-corrected chi connectivity index (χ3v) is 12.4. The monoisotopic (exact) mass is 805 g/mol. The molecule has 0 N–H and O–H groups in total. The van der Waals surface area contributed by atoms with Gasteiger partial charge in [-0.25, -0.2) is 15.0 Å². The van der Waals surface area contributed by atoms with Crippen molar-refractivity contribution in [3.63, 3.8) is 0 Å². The largest absolute Gasteiger partial charge is 0.454 e. The molecule has 0 saturated heterocycles. The molecule has 6 heteroatoms. The lowest BCUT2D eigenvalue weighted by atomic mass is 10.0. The molecule has 0 bridgehead atoms. The molecule has 0 aliphatic carbocycles. The lowest BCUT2D eigenvalue weighted by Crippen LogP contribution is -2.00. The van der Waals surface area contributed by atoms with Crippen molar-refractivity contribution >= 4 is 65.6 Å². The fraction of sp³-hybridized carbons (Fsp3) is 0. The molecule has 4 heterocycles. The first-order valence-corrected chi connectivity index (χ1v) is 21.2. The molecule has 0 unspecified atom stereocenters. The number of aromatic nitrogens is 5. The lowest BCUT2D eigenvalue weighted by molar-refractivity contribution is 0.666. The number of hydrogen-bond acceptors (Lipinski definition) is 4. The molecule has 0 atom stereocenters. The second-order valence-corrected chi connectivity index (χ2v) is 16.0. The van der Waals surface area contributed by atoms with E-state index in [2.05, 4.69) is 149 Å². The third-order valence-electron chi connectivity index (χ3n) is 12.4. The first kappa shape index (κ1) is 35.2. The van der Waals surface area contributed by atoms with E-state index >= 15 is 0 Å². The van der Waals surface area contributed by atoms with Gasteiger partial charge in [-0.15, -0.1) is 0 Å². The maximum absolute atomic E-state index is 6.91. The number of nitrogens with zero attached hydrogens (tertiary/aromatic N) is 5. The average Bonchev–Trinajstić information content (AvgIpc) is 4.02. The van der Waals surface area contributed by atoms with E-state index in [1.165, 1.54) is 38.1 Å². The summed E-state index contributed by atoms with van der Waals surface area (Å²) >= 11 is 0. The SMILES string of the molecule is c1ccc(-c2nc(-c3ccccc3)nc(-c3cccc4oc5c(-n6c7ccccc7c7cc(-c8ccc9c(c8)c8ccccc8n9-c8ccccc8)ccc76)cccc5c34)n2)cc1. The van der Waals surface area contributed by atoms with Crippen LogP contribution in [0.2, 0.25) is 0 Å². The van der Waals surface area contributed by atoms with Crippen LogP contribution in [0.15, 0.2) is 217 Å². The Morgan fingerprint density at radius 1 is 0.333 bits per heavy atom. The highest BCUT2D eigenvalue weighted by Crippen LogP contribution is 2.42. The third kappa shape index (κ3) is 5.55. The van der Waals surface area contributed by atoms with Gasteiger partial charge in [-0.2, -0.15) is 0 Å². The molecular weight excluding hydrogens is 771 g/mol. The van der Waals surface area contributed by atoms with Crippen molar-refractivity contribution in [1.29, 1.82) is 0 Å². The lowest BCUT2D eigenvalue weighted by Gasteiger charge is -2.10. The summed E-state index contributed by atoms with van der Waals surface area (Å²) in [6.07, 6.45) is 0. The molecule has 0 aliphatic rings. The number of hydrogen-bond donors (Lipinski definition) is 0. The van der Waals surface area contributed by atoms with E-state index in [1.54, 1.807) is 0 Å². The van der Waals surface area contributed by atoms with Crippen LogP contribution in [0.1, 0.15) is 0 Å². The van der Waals surface area contributed by atoms with Crippen molar-refractivity contribution in [2.24, 2.45) is 0 Å². The maximum Gasteiger partial charge on any atom is 0.164 e. The summed E-state index contributed by atoms with van der Waals surface area (Å²) in [5, 5.41) is 6.78. The Kier molecular flexibility index (Phi) is 7.80. The molecule has 9 aromatic carbocycles. The van der Waals surface area contributed by atoms with E-state index in [1.807, 2.05) is 72.8 Å². The topological polar surface area (TPSA) is 61.7 Å². The molecule has 63 heavy (non-hydrogen) atoms. The Morgan fingerprint density at radius 2 is 0.825 bits per heavy atom. The van der Waals surface area contributed by atoms with Gasteiger partial charge in [0.05, 0.1) is 27.8 Å². The number of rotatable bonds is 6. The molecule has 6 nitrogen and oxygen atoms in total. The highest BCUT2D eigenvalue weighted by molar-refractivity contribution is 6.16. The predicted molar refractivity (Wildman–Crippen MR) is 258 cm³/mol. The number of para-hydroxylation sites is 4. The molecule has 0 aliphatic heterocycles. The molecular formula is C57H35N5O. The molecule has 0 saturated carbocycles. The molecule has 0 radical (unpaired) electrons. The quantitative estimate of drug-likeness (QED) is 0.168. The van der Waals surface area contributed by atoms with Gasteiger partial charge in [0.2, 0.25) is 0 Å². The van der Waals surface area contributed by atoms with Gasteiger partial charge in [0.15, 0.2) is 23.1 Å². The summed E-state index contributed by atoms with van der Waals surface area (Å²) in [5.41, 5.74) is 13.4. The van der Waals surface area contributed by atoms with Gasteiger partial charge in [-0.3, -0.25) is 0 Å². The van der Waals surface area contributed by atoms with Gasteiger partial charge in [0, 0.05) is 54.7 Å². The van der Waals surface area contributed by atoms with Gasteiger partial charge in [-0.1, -0.05) is 152 Å². The van der Waals surface area contributed by atoms with Gasteiger partial charge in [-0.05, 0) is 71.8 Å². The number of furan rings is 1. The van der Waals surface area contributed by atoms with Crippen molar-refractivity contribution in [2.75, 3.05) is 0 Å². The summed E-state index contributed by atoms with van der Waals surface area (Å²) in [6, 6.07) is 74.4. The highest BCUT2D eigenvalue weighted by Gasteiger charge is 2.22. The van der Waals surface area contributed by atoms with Crippen LogP contribution in [-0.2, 0) is 0 Å². The zero-order valence-corrected chi connectivity index (χ0v) is 33.9. The van der Waals surface area contributed by atoms with Crippen LogP contribution in [0.25, 0.3) is 122 Å². The zero-order valence-electron chi connectivity index (χ0n) is 33.9. The summed E-state index contributed by atoms with van der Waals surface area (Å²) < 4.78 is 11.6. The van der Waals surface area contributed by atoms with E-state index in [-0.39, 0.29) is 0 Å². The Morgan fingerprint density at radius 3 is 1.46 bits per heavy atom. The van der Waals surface area contributed by atoms with Crippen molar-refractivity contribution in [3.05, 3.63) is 212 Å². The van der Waals surface area contributed by atoms with Gasteiger partial charge in [0.1, 0.15) is 5.58 Å². The van der Waals surface area contributed by atoms with Gasteiger partial charge >= 0.3 is 0 Å². The van der Waals surface area contributed by atoms with Crippen molar-refractivity contribution in [1.82, 2.24) is 24.1 Å². The molecule has 294 valence electrons. The Hall–Kier alpha value is -8.61. The van der Waals surface area contributed by atoms with Crippen molar-refractivity contribution in [3.8, 4) is 56.7 Å². The second-order valence-electron chi connectivity index (χ2n) is 16.0. The molecule has 0 spiro atoms. The Bertz CT molecular complexity index is 3850. The number of benzene rings is 9. The van der Waals surface area contributed by atoms with E-state index in [0.717, 1.165) is 66.6 Å². The van der Waals surface area contributed by atoms with Crippen LogP contribution in [-0.4, -0.2) is 24.1 Å². The van der Waals surface area contributed by atoms with Crippen LogP contribution in [0.5, 0.6) is 0 Å². The molecule has 13 rings (SSSR count). The average molecular weight is 806 g/mol. The minimum atomic E-state index is 0.591. The Labute approximate surface area is 361 Å². The first-order chi connectivity index (χ1) is 31.2. The van der Waals surface area contributed by atoms with Crippen LogP contribution < -0.4 is 0 Å². The van der Waals surface area contributed by atoms with Crippen LogP contribution in [0.3, 0.4) is 0 Å². The Balaban J connectivity index is 0.981. The van der Waals surface area contributed by atoms with Crippen molar-refractivity contribution in [2.45, 2.75) is 0 Å². The summed E-state index contributed by atoms with van der Waals surface area (Å²) in [7, 11) is 0. The van der Waals surface area contributed by atoms with E-state index in [0.29, 0.717) is 17.5 Å². The van der Waals surface area contributed by atoms with Gasteiger partial charge in [0.25, 0.3) is 0 Å². The molecule has 13 aromatic rings. The van der Waals surface area contributed by atoms with Crippen LogP contribution in [0.4, 0.5) is 0 Å². The second kappa shape index (κ2) is 14.0. The highest BCUT2D eigenvalue weighted by atomic mass is 16.3. The standard InChI is InChI=1S/C57H35N5O/c1-4-16-36(17-5-1)55-58-56(37-18-6-2-7-19-37)60-57(59-55)44-25-15-29-52-53(44)43-24-14-28-51(54(43)63-52)62-48-27-13-11-23-42(48)46-35-39(31-33-50(46)62)38-30-32-49-45(34-38)41-22-10-12-26-47(41)61(49)40-20-8-3-9-21-40/h1-35H. The predicted octanol–water partition coefficient (Wildman–Crippen LogP) is 14.6. The van der Waals surface area contributed by atoms with E-state index in [4.69, 9.17) is 19.4 Å². The maximum atomic E-state index is 6.91. The molecule has 4 aromatic heterocycles. The first-order valence-electron chi connectivity index (χ1n) is 21.2. The van der Waals surface area contributed by atoms with Crippen molar-refractivity contribution < 1.29 is 4.42 Å². The number of fused-ring (bicyclic) bond motifs is 9. The van der Waals surface area contributed by atoms with E-state index in [9.17, 15) is 0 Å². The fourth-order valence-electron chi connectivity index (χ4n) is 9.54. The minimum Gasteiger partial charge on any atom is -0.454 e. The fourth-order valence-corrected chi connectivity index (χ4v) is 9.54. The molecule has 0 fully saturated rings. The normalized spacial score (nSPS) is 11.8. The van der Waals surface area contributed by atoms with Crippen LogP contribution in [0, 0.1) is 0 Å². The van der Waals surface area contributed by atoms with Crippen LogP contribution >= 0.6 is 0 Å². The minimum absolute atomic E-state index is 0.591. The summed E-state index contributed by atoms with van der Waals surface area (Å²) in [6.45, 7) is 0. The molecule has 0 amide bonds. The van der Waals surface area contributed by atoms with E-state index < -0.39 is 0 Å². The van der Waals surface area contributed by atoms with Gasteiger partial charge < -0.3 is 13.6 Å². The zero-order chi connectivity index (χ0) is 41.4. The smallest absolute Gasteiger partial charge is 0.164 e.